The number of rotatable bonds is 5. The molecule has 2 aliphatic rings. The number of aliphatic hydroxyl groups excluding tert-OH is 1. The van der Waals surface area contributed by atoms with Crippen molar-refractivity contribution in [3.8, 4) is 0 Å². The second-order valence-electron chi connectivity index (χ2n) is 6.62. The highest BCUT2D eigenvalue weighted by atomic mass is 32.2. The van der Waals surface area contributed by atoms with E-state index in [9.17, 15) is 9.59 Å². The van der Waals surface area contributed by atoms with Gasteiger partial charge in [-0.15, -0.1) is 11.8 Å². The molecule has 1 saturated carbocycles. The molecule has 1 aliphatic heterocycles. The normalized spacial score (nSPS) is 20.1. The standard InChI is InChI=1S/C20H25NO3S/c22-13-14-25-18-17(15-9-5-4-6-10-15)19(23)21(20(18)24)16-11-7-2-1-3-8-12-16/h4-6,9-10,16,22H,1-3,7-8,11-14H2. The van der Waals surface area contributed by atoms with Gasteiger partial charge >= 0.3 is 0 Å². The molecule has 4 nitrogen and oxygen atoms in total. The molecule has 1 N–H and O–H groups in total. The van der Waals surface area contributed by atoms with Crippen LogP contribution in [0.1, 0.15) is 50.5 Å². The summed E-state index contributed by atoms with van der Waals surface area (Å²) in [6.07, 6.45) is 7.55. The van der Waals surface area contributed by atoms with Crippen LogP contribution in [0.25, 0.3) is 5.57 Å². The van der Waals surface area contributed by atoms with Gasteiger partial charge in [-0.05, 0) is 18.4 Å². The molecular weight excluding hydrogens is 334 g/mol. The topological polar surface area (TPSA) is 57.6 Å². The minimum Gasteiger partial charge on any atom is -0.396 e. The van der Waals surface area contributed by atoms with Gasteiger partial charge in [-0.2, -0.15) is 0 Å². The third kappa shape index (κ3) is 3.98. The molecule has 1 heterocycles. The van der Waals surface area contributed by atoms with Crippen molar-refractivity contribution in [3.63, 3.8) is 0 Å². The molecule has 1 fully saturated rings. The predicted molar refractivity (Wildman–Crippen MR) is 101 cm³/mol. The molecule has 134 valence electrons. The van der Waals surface area contributed by atoms with E-state index >= 15 is 0 Å². The van der Waals surface area contributed by atoms with Crippen molar-refractivity contribution in [2.45, 2.75) is 51.0 Å². The lowest BCUT2D eigenvalue weighted by Crippen LogP contribution is -2.41. The van der Waals surface area contributed by atoms with Gasteiger partial charge in [-0.1, -0.05) is 62.4 Å². The number of benzene rings is 1. The van der Waals surface area contributed by atoms with Crippen molar-refractivity contribution in [3.05, 3.63) is 40.8 Å². The first kappa shape index (κ1) is 18.2. The Labute approximate surface area is 153 Å². The molecule has 1 aliphatic carbocycles. The van der Waals surface area contributed by atoms with E-state index in [-0.39, 0.29) is 24.5 Å². The lowest BCUT2D eigenvalue weighted by Gasteiger charge is -2.28. The van der Waals surface area contributed by atoms with Crippen molar-refractivity contribution in [1.82, 2.24) is 4.90 Å². The van der Waals surface area contributed by atoms with Crippen molar-refractivity contribution in [1.29, 1.82) is 0 Å². The van der Waals surface area contributed by atoms with E-state index in [1.807, 2.05) is 30.3 Å². The highest BCUT2D eigenvalue weighted by Gasteiger charge is 2.42. The van der Waals surface area contributed by atoms with E-state index in [1.165, 1.54) is 35.9 Å². The number of nitrogens with zero attached hydrogens (tertiary/aromatic N) is 1. The summed E-state index contributed by atoms with van der Waals surface area (Å²) in [5.41, 5.74) is 1.29. The van der Waals surface area contributed by atoms with Crippen molar-refractivity contribution >= 4 is 29.1 Å². The van der Waals surface area contributed by atoms with Crippen LogP contribution in [-0.4, -0.2) is 40.2 Å². The van der Waals surface area contributed by atoms with Crippen LogP contribution in [0.2, 0.25) is 0 Å². The Morgan fingerprint density at radius 3 is 2.24 bits per heavy atom. The number of carbonyl (C=O) groups is 2. The monoisotopic (exact) mass is 359 g/mol. The first-order valence-corrected chi connectivity index (χ1v) is 10.1. The highest BCUT2D eigenvalue weighted by Crippen LogP contribution is 2.38. The molecule has 3 rings (SSSR count). The van der Waals surface area contributed by atoms with Crippen LogP contribution in [0, 0.1) is 0 Å². The second kappa shape index (κ2) is 8.68. The molecule has 2 amide bonds. The Hall–Kier alpha value is -1.59. The lowest BCUT2D eigenvalue weighted by atomic mass is 9.95. The highest BCUT2D eigenvalue weighted by molar-refractivity contribution is 8.04. The first-order valence-electron chi connectivity index (χ1n) is 9.15. The van der Waals surface area contributed by atoms with Gasteiger partial charge in [0.25, 0.3) is 11.8 Å². The van der Waals surface area contributed by atoms with Gasteiger partial charge in [0, 0.05) is 11.8 Å². The zero-order valence-corrected chi connectivity index (χ0v) is 15.3. The van der Waals surface area contributed by atoms with Crippen molar-refractivity contribution in [2.24, 2.45) is 0 Å². The van der Waals surface area contributed by atoms with Crippen LogP contribution in [0.4, 0.5) is 0 Å². The summed E-state index contributed by atoms with van der Waals surface area (Å²) in [4.78, 5) is 28.2. The van der Waals surface area contributed by atoms with Crippen molar-refractivity contribution in [2.75, 3.05) is 12.4 Å². The molecular formula is C20H25NO3S. The minimum atomic E-state index is -0.173. The largest absolute Gasteiger partial charge is 0.396 e. The molecule has 5 heteroatoms. The molecule has 0 bridgehead atoms. The SMILES string of the molecule is O=C1C(SCCO)=C(c2ccccc2)C(=O)N1C1CCCCCCC1. The van der Waals surface area contributed by atoms with Crippen LogP contribution < -0.4 is 0 Å². The Morgan fingerprint density at radius 2 is 1.60 bits per heavy atom. The van der Waals surface area contributed by atoms with E-state index in [0.717, 1.165) is 31.2 Å². The number of carbonyl (C=O) groups excluding carboxylic acids is 2. The van der Waals surface area contributed by atoms with Crippen LogP contribution in [0.3, 0.4) is 0 Å². The number of aliphatic hydroxyl groups is 1. The number of amides is 2. The number of hydrogen-bond donors (Lipinski definition) is 1. The van der Waals surface area contributed by atoms with Gasteiger partial charge in [-0.25, -0.2) is 0 Å². The summed E-state index contributed by atoms with van der Waals surface area (Å²) in [5, 5.41) is 9.17. The quantitative estimate of drug-likeness (QED) is 0.816. The Bertz CT molecular complexity index is 648. The van der Waals surface area contributed by atoms with E-state index in [4.69, 9.17) is 5.11 Å². The molecule has 1 aromatic rings. The fourth-order valence-electron chi connectivity index (χ4n) is 3.69. The third-order valence-corrected chi connectivity index (χ3v) is 5.97. The van der Waals surface area contributed by atoms with Gasteiger partial charge in [0.1, 0.15) is 0 Å². The Kier molecular flexibility index (Phi) is 6.32. The van der Waals surface area contributed by atoms with Gasteiger partial charge in [0.05, 0.1) is 17.1 Å². The molecule has 0 saturated heterocycles. The number of hydrogen-bond acceptors (Lipinski definition) is 4. The van der Waals surface area contributed by atoms with E-state index < -0.39 is 0 Å². The fourth-order valence-corrected chi connectivity index (χ4v) is 4.56. The maximum atomic E-state index is 13.2. The minimum absolute atomic E-state index is 0.00578. The van der Waals surface area contributed by atoms with Gasteiger partial charge in [0.15, 0.2) is 0 Å². The summed E-state index contributed by atoms with van der Waals surface area (Å²) >= 11 is 1.29. The fraction of sp³-hybridized carbons (Fsp3) is 0.500. The zero-order valence-electron chi connectivity index (χ0n) is 14.4. The summed E-state index contributed by atoms with van der Waals surface area (Å²) in [5.74, 6) is 0.0820. The maximum absolute atomic E-state index is 13.2. The maximum Gasteiger partial charge on any atom is 0.268 e. The summed E-state index contributed by atoms with van der Waals surface area (Å²) in [6.45, 7) is -0.0128. The van der Waals surface area contributed by atoms with E-state index in [1.54, 1.807) is 0 Å². The summed E-state index contributed by atoms with van der Waals surface area (Å²) in [7, 11) is 0. The Morgan fingerprint density at radius 1 is 0.960 bits per heavy atom. The third-order valence-electron chi connectivity index (χ3n) is 4.91. The van der Waals surface area contributed by atoms with Crippen LogP contribution in [0.15, 0.2) is 35.2 Å². The van der Waals surface area contributed by atoms with E-state index in [2.05, 4.69) is 0 Å². The van der Waals surface area contributed by atoms with Gasteiger partial charge in [-0.3, -0.25) is 14.5 Å². The number of imide groups is 1. The van der Waals surface area contributed by atoms with Crippen LogP contribution in [-0.2, 0) is 9.59 Å². The molecule has 0 radical (unpaired) electrons. The predicted octanol–water partition coefficient (Wildman–Crippen LogP) is 3.60. The van der Waals surface area contributed by atoms with Gasteiger partial charge < -0.3 is 5.11 Å². The molecule has 1 aromatic carbocycles. The lowest BCUT2D eigenvalue weighted by molar-refractivity contribution is -0.139. The van der Waals surface area contributed by atoms with Crippen LogP contribution >= 0.6 is 11.8 Å². The molecule has 0 aromatic heterocycles. The number of thioether (sulfide) groups is 1. The molecule has 0 unspecified atom stereocenters. The zero-order chi connectivity index (χ0) is 17.6. The molecule has 25 heavy (non-hydrogen) atoms. The van der Waals surface area contributed by atoms with Gasteiger partial charge in [0.2, 0.25) is 0 Å². The van der Waals surface area contributed by atoms with Crippen molar-refractivity contribution < 1.29 is 14.7 Å². The first-order chi connectivity index (χ1) is 12.2. The Balaban J connectivity index is 1.91. The summed E-state index contributed by atoms with van der Waals surface area (Å²) < 4.78 is 0. The average molecular weight is 359 g/mol. The van der Waals surface area contributed by atoms with Crippen LogP contribution in [0.5, 0.6) is 0 Å². The molecule has 0 atom stereocenters. The summed E-state index contributed by atoms with van der Waals surface area (Å²) in [6, 6.07) is 9.42. The van der Waals surface area contributed by atoms with E-state index in [0.29, 0.717) is 16.2 Å². The smallest absolute Gasteiger partial charge is 0.268 e. The second-order valence-corrected chi connectivity index (χ2v) is 7.73. The average Bonchev–Trinajstić information content (AvgIpc) is 2.84. The molecule has 0 spiro atoms.